The molecule has 2 aromatic rings. The van der Waals surface area contributed by atoms with E-state index in [0.29, 0.717) is 48.4 Å². The zero-order valence-electron chi connectivity index (χ0n) is 17.2. The number of fused-ring (bicyclic) bond motifs is 1. The third-order valence-corrected chi connectivity index (χ3v) is 5.95. The number of benzene rings is 1. The standard InChI is InChI=1S/C21H25F3N4O4/c22-21(23,24)18(12-5-2-1-3-6-12)27-20(32)26-17(19(30)31)14(11-29)9-13-7-4-8-16-15(13)10-25-28-16/h4,7-8,10-12,14,17-18H,1-3,5-6,9H2,(H,25,28)(H,30,31)(H2,26,27,32)/t14-,17-,18?/m0/s1. The van der Waals surface area contributed by atoms with Gasteiger partial charge >= 0.3 is 18.2 Å². The van der Waals surface area contributed by atoms with Crippen molar-refractivity contribution in [3.63, 3.8) is 0 Å². The first-order valence-electron chi connectivity index (χ1n) is 10.4. The van der Waals surface area contributed by atoms with Gasteiger partial charge in [-0.05, 0) is 36.8 Å². The lowest BCUT2D eigenvalue weighted by molar-refractivity contribution is -0.167. The fourth-order valence-corrected chi connectivity index (χ4v) is 4.32. The number of aromatic amines is 1. The predicted molar refractivity (Wildman–Crippen MR) is 109 cm³/mol. The largest absolute Gasteiger partial charge is 0.480 e. The van der Waals surface area contributed by atoms with Gasteiger partial charge in [0.1, 0.15) is 18.4 Å². The monoisotopic (exact) mass is 454 g/mol. The Hall–Kier alpha value is -3.11. The molecule has 2 amide bonds. The number of hydrogen-bond donors (Lipinski definition) is 4. The number of nitrogens with one attached hydrogen (secondary N) is 3. The molecule has 1 aliphatic carbocycles. The second-order valence-electron chi connectivity index (χ2n) is 8.10. The van der Waals surface area contributed by atoms with Crippen LogP contribution in [-0.2, 0) is 16.0 Å². The number of carbonyl (C=O) groups excluding carboxylic acids is 2. The second kappa shape index (κ2) is 10.0. The first kappa shape index (κ1) is 23.6. The summed E-state index contributed by atoms with van der Waals surface area (Å²) in [6, 6.07) is 0.104. The van der Waals surface area contributed by atoms with E-state index in [0.717, 1.165) is 6.42 Å². The normalized spacial score (nSPS) is 18.0. The van der Waals surface area contributed by atoms with Gasteiger partial charge in [0.15, 0.2) is 0 Å². The molecule has 174 valence electrons. The summed E-state index contributed by atoms with van der Waals surface area (Å²) in [5, 5.41) is 20.9. The van der Waals surface area contributed by atoms with Crippen LogP contribution in [0.5, 0.6) is 0 Å². The average Bonchev–Trinajstić information content (AvgIpc) is 3.24. The molecular formula is C21H25F3N4O4. The second-order valence-corrected chi connectivity index (χ2v) is 8.10. The molecule has 0 spiro atoms. The molecule has 4 N–H and O–H groups in total. The van der Waals surface area contributed by atoms with Gasteiger partial charge in [-0.25, -0.2) is 9.59 Å². The quantitative estimate of drug-likeness (QED) is 0.456. The van der Waals surface area contributed by atoms with Crippen molar-refractivity contribution in [1.29, 1.82) is 0 Å². The molecule has 0 aliphatic heterocycles. The number of nitrogens with zero attached hydrogens (tertiary/aromatic N) is 1. The van der Waals surface area contributed by atoms with Crippen molar-refractivity contribution in [1.82, 2.24) is 20.8 Å². The van der Waals surface area contributed by atoms with E-state index in [4.69, 9.17) is 0 Å². The maximum atomic E-state index is 13.6. The molecule has 8 nitrogen and oxygen atoms in total. The highest BCUT2D eigenvalue weighted by atomic mass is 19.4. The van der Waals surface area contributed by atoms with Gasteiger partial charge < -0.3 is 20.5 Å². The van der Waals surface area contributed by atoms with Crippen LogP contribution in [-0.4, -0.2) is 51.9 Å². The van der Waals surface area contributed by atoms with Gasteiger partial charge in [0.2, 0.25) is 0 Å². The van der Waals surface area contributed by atoms with E-state index < -0.39 is 42.1 Å². The van der Waals surface area contributed by atoms with E-state index >= 15 is 0 Å². The summed E-state index contributed by atoms with van der Waals surface area (Å²) in [5.41, 5.74) is 1.31. The molecule has 32 heavy (non-hydrogen) atoms. The summed E-state index contributed by atoms with van der Waals surface area (Å²) in [6.45, 7) is 0. The number of alkyl halides is 3. The molecule has 0 radical (unpaired) electrons. The summed E-state index contributed by atoms with van der Waals surface area (Å²) >= 11 is 0. The van der Waals surface area contributed by atoms with Crippen LogP contribution in [0.15, 0.2) is 24.4 Å². The molecule has 11 heteroatoms. The van der Waals surface area contributed by atoms with Crippen molar-refractivity contribution in [3.05, 3.63) is 30.0 Å². The molecule has 1 fully saturated rings. The van der Waals surface area contributed by atoms with E-state index in [2.05, 4.69) is 15.5 Å². The van der Waals surface area contributed by atoms with Crippen LogP contribution in [0.3, 0.4) is 0 Å². The van der Waals surface area contributed by atoms with Crippen LogP contribution in [0.1, 0.15) is 37.7 Å². The Labute approximate surface area is 181 Å². The topological polar surface area (TPSA) is 124 Å². The van der Waals surface area contributed by atoms with Crippen molar-refractivity contribution in [2.75, 3.05) is 0 Å². The van der Waals surface area contributed by atoms with Gasteiger partial charge in [-0.15, -0.1) is 0 Å². The smallest absolute Gasteiger partial charge is 0.408 e. The lowest BCUT2D eigenvalue weighted by atomic mass is 9.83. The van der Waals surface area contributed by atoms with Crippen molar-refractivity contribution >= 4 is 29.2 Å². The fraction of sp³-hybridized carbons (Fsp3) is 0.524. The summed E-state index contributed by atoms with van der Waals surface area (Å²) in [4.78, 5) is 35.9. The minimum atomic E-state index is -4.67. The lowest BCUT2D eigenvalue weighted by Gasteiger charge is -2.32. The van der Waals surface area contributed by atoms with Crippen molar-refractivity contribution in [2.45, 2.75) is 56.8 Å². The summed E-state index contributed by atoms with van der Waals surface area (Å²) < 4.78 is 40.7. The van der Waals surface area contributed by atoms with Gasteiger partial charge in [-0.1, -0.05) is 31.4 Å². The van der Waals surface area contributed by atoms with E-state index in [-0.39, 0.29) is 6.42 Å². The molecule has 1 aromatic heterocycles. The Morgan fingerprint density at radius 1 is 1.22 bits per heavy atom. The summed E-state index contributed by atoms with van der Waals surface area (Å²) in [5.74, 6) is -3.48. The molecule has 0 saturated heterocycles. The first-order valence-corrected chi connectivity index (χ1v) is 10.4. The van der Waals surface area contributed by atoms with E-state index in [1.807, 2.05) is 5.32 Å². The Kier molecular flexibility index (Phi) is 7.37. The maximum Gasteiger partial charge on any atom is 0.408 e. The van der Waals surface area contributed by atoms with Crippen LogP contribution in [0, 0.1) is 11.8 Å². The highest BCUT2D eigenvalue weighted by Crippen LogP contribution is 2.34. The number of urea groups is 1. The SMILES string of the molecule is O=C[C@H](Cc1cccc2[nH]ncc12)[C@H](NC(=O)NC(C1CCCCC1)C(F)(F)F)C(=O)O. The van der Waals surface area contributed by atoms with Gasteiger partial charge in [0.25, 0.3) is 0 Å². The number of aliphatic carboxylic acids is 1. The third kappa shape index (κ3) is 5.57. The molecule has 3 atom stereocenters. The molecule has 1 unspecified atom stereocenters. The van der Waals surface area contributed by atoms with Gasteiger partial charge in [-0.2, -0.15) is 18.3 Å². The van der Waals surface area contributed by atoms with Crippen LogP contribution in [0.25, 0.3) is 10.9 Å². The average molecular weight is 454 g/mol. The molecule has 3 rings (SSSR count). The minimum Gasteiger partial charge on any atom is -0.480 e. The Bertz CT molecular complexity index is 956. The lowest BCUT2D eigenvalue weighted by Crippen LogP contribution is -2.57. The molecule has 1 aromatic carbocycles. The first-order chi connectivity index (χ1) is 15.2. The van der Waals surface area contributed by atoms with E-state index in [9.17, 15) is 32.7 Å². The molecular weight excluding hydrogens is 429 g/mol. The van der Waals surface area contributed by atoms with Crippen LogP contribution in [0.4, 0.5) is 18.0 Å². The van der Waals surface area contributed by atoms with Gasteiger partial charge in [0.05, 0.1) is 11.7 Å². The number of halogens is 3. The Morgan fingerprint density at radius 2 is 1.94 bits per heavy atom. The van der Waals surface area contributed by atoms with Crippen molar-refractivity contribution < 1.29 is 32.7 Å². The predicted octanol–water partition coefficient (Wildman–Crippen LogP) is 3.18. The van der Waals surface area contributed by atoms with Crippen molar-refractivity contribution in [2.24, 2.45) is 11.8 Å². The van der Waals surface area contributed by atoms with Crippen LogP contribution in [0.2, 0.25) is 0 Å². The van der Waals surface area contributed by atoms with Crippen LogP contribution < -0.4 is 10.6 Å². The Balaban J connectivity index is 1.73. The number of carboxylic acids is 1. The number of aromatic nitrogens is 2. The molecule has 1 saturated carbocycles. The summed E-state index contributed by atoms with van der Waals surface area (Å²) in [7, 11) is 0. The van der Waals surface area contributed by atoms with Gasteiger partial charge in [0, 0.05) is 11.3 Å². The van der Waals surface area contributed by atoms with Crippen molar-refractivity contribution in [3.8, 4) is 0 Å². The number of hydrogen-bond acceptors (Lipinski definition) is 4. The maximum absolute atomic E-state index is 13.6. The number of H-pyrrole nitrogens is 1. The number of carbonyl (C=O) groups is 3. The molecule has 1 aliphatic rings. The van der Waals surface area contributed by atoms with E-state index in [1.165, 1.54) is 6.20 Å². The highest BCUT2D eigenvalue weighted by Gasteiger charge is 2.46. The summed E-state index contributed by atoms with van der Waals surface area (Å²) in [6.07, 6.45) is 0.00873. The minimum absolute atomic E-state index is 0.0387. The van der Waals surface area contributed by atoms with E-state index in [1.54, 1.807) is 18.2 Å². The number of rotatable bonds is 8. The zero-order chi connectivity index (χ0) is 23.3. The highest BCUT2D eigenvalue weighted by molar-refractivity contribution is 5.86. The number of amides is 2. The number of carboxylic acid groups (broad SMARTS) is 1. The zero-order valence-corrected chi connectivity index (χ0v) is 17.2. The molecule has 0 bridgehead atoms. The third-order valence-electron chi connectivity index (χ3n) is 5.95. The van der Waals surface area contributed by atoms with Crippen LogP contribution >= 0.6 is 0 Å². The van der Waals surface area contributed by atoms with Gasteiger partial charge in [-0.3, -0.25) is 5.10 Å². The Morgan fingerprint density at radius 3 is 2.56 bits per heavy atom. The molecule has 1 heterocycles. The number of aldehydes is 1. The fourth-order valence-electron chi connectivity index (χ4n) is 4.32.